The summed E-state index contributed by atoms with van der Waals surface area (Å²) >= 11 is 0. The Morgan fingerprint density at radius 1 is 1.06 bits per heavy atom. The number of carbonyl (C=O) groups excluding carboxylic acids is 2. The molecule has 2 aromatic rings. The average Bonchev–Trinajstić information content (AvgIpc) is 3.57. The molecule has 0 radical (unpaired) electrons. The molecule has 2 heterocycles. The van der Waals surface area contributed by atoms with E-state index in [1.165, 1.54) is 44.8 Å². The maximum Gasteiger partial charge on any atom is 0.303 e. The lowest BCUT2D eigenvalue weighted by Gasteiger charge is -2.23. The molecule has 0 bridgehead atoms. The molecule has 1 atom stereocenters. The van der Waals surface area contributed by atoms with E-state index in [1.54, 1.807) is 23.1 Å². The Kier molecular flexibility index (Phi) is 9.14. The van der Waals surface area contributed by atoms with Crippen LogP contribution in [0.15, 0.2) is 34.9 Å². The van der Waals surface area contributed by atoms with Gasteiger partial charge in [-0.15, -0.1) is 0 Å². The number of benzene rings is 1. The second-order valence-electron chi connectivity index (χ2n) is 10.0. The molecule has 8 heteroatoms. The molecule has 1 saturated heterocycles. The van der Waals surface area contributed by atoms with Gasteiger partial charge in [-0.05, 0) is 43.2 Å². The molecule has 0 unspecified atom stereocenters. The fourth-order valence-electron chi connectivity index (χ4n) is 5.48. The van der Waals surface area contributed by atoms with Gasteiger partial charge in [-0.3, -0.25) is 14.4 Å². The van der Waals surface area contributed by atoms with E-state index in [0.29, 0.717) is 42.9 Å². The second kappa shape index (κ2) is 12.7. The van der Waals surface area contributed by atoms with Gasteiger partial charge in [-0.2, -0.15) is 0 Å². The number of hydrogen-bond donors (Lipinski definition) is 2. The Hall–Kier alpha value is -3.16. The highest BCUT2D eigenvalue weighted by atomic mass is 16.4. The van der Waals surface area contributed by atoms with Crippen LogP contribution in [-0.2, 0) is 11.2 Å². The maximum atomic E-state index is 13.4. The highest BCUT2D eigenvalue weighted by molar-refractivity contribution is 5.96. The minimum absolute atomic E-state index is 0.0352. The molecule has 2 fully saturated rings. The number of rotatable bonds is 11. The molecule has 2 N–H and O–H groups in total. The zero-order chi connectivity index (χ0) is 25.3. The molecule has 2 amide bonds. The Morgan fingerprint density at radius 3 is 2.67 bits per heavy atom. The Labute approximate surface area is 212 Å². The molecule has 1 aromatic carbocycles. The number of aryl methyl sites for hydroxylation is 1. The van der Waals surface area contributed by atoms with Crippen LogP contribution in [0, 0.1) is 5.92 Å². The predicted octanol–water partition coefficient (Wildman–Crippen LogP) is 5.15. The molecule has 1 saturated carbocycles. The molecule has 8 nitrogen and oxygen atoms in total. The van der Waals surface area contributed by atoms with E-state index in [1.807, 2.05) is 6.07 Å². The van der Waals surface area contributed by atoms with Crippen molar-refractivity contribution in [2.45, 2.75) is 83.1 Å². The fourth-order valence-corrected chi connectivity index (χ4v) is 5.48. The normalized spacial score (nSPS) is 18.3. The summed E-state index contributed by atoms with van der Waals surface area (Å²) in [6.07, 6.45) is 13.3. The summed E-state index contributed by atoms with van der Waals surface area (Å²) in [7, 11) is 0. The summed E-state index contributed by atoms with van der Waals surface area (Å²) in [4.78, 5) is 43.1. The molecule has 1 aliphatic carbocycles. The van der Waals surface area contributed by atoms with Crippen molar-refractivity contribution in [3.05, 3.63) is 53.2 Å². The number of aliphatic carboxylic acids is 1. The predicted molar refractivity (Wildman–Crippen MR) is 135 cm³/mol. The Morgan fingerprint density at radius 2 is 1.86 bits per heavy atom. The van der Waals surface area contributed by atoms with Crippen LogP contribution < -0.4 is 5.32 Å². The van der Waals surface area contributed by atoms with Crippen LogP contribution >= 0.6 is 0 Å². The number of unbranched alkanes of at least 4 members (excludes halogenated alkanes) is 1. The van der Waals surface area contributed by atoms with E-state index >= 15 is 0 Å². The van der Waals surface area contributed by atoms with Gasteiger partial charge in [-0.1, -0.05) is 63.1 Å². The van der Waals surface area contributed by atoms with E-state index in [0.717, 1.165) is 25.2 Å². The van der Waals surface area contributed by atoms with Crippen LogP contribution in [0.2, 0.25) is 0 Å². The van der Waals surface area contributed by atoms with Gasteiger partial charge >= 0.3 is 5.97 Å². The fraction of sp³-hybridized carbons (Fsp3) is 0.571. The van der Waals surface area contributed by atoms with Gasteiger partial charge in [-0.25, -0.2) is 4.98 Å². The SMILES string of the molecule is O=C(O)CCc1ccccc1C(=O)N1CCC[C@H]1c1nc(C(=O)NCCCCC2CCCCC2)co1. The van der Waals surface area contributed by atoms with Crippen molar-refractivity contribution in [1.29, 1.82) is 0 Å². The lowest BCUT2D eigenvalue weighted by atomic mass is 9.86. The van der Waals surface area contributed by atoms with Gasteiger partial charge < -0.3 is 19.7 Å². The summed E-state index contributed by atoms with van der Waals surface area (Å²) in [6, 6.07) is 6.78. The number of likely N-dealkylation sites (tertiary alicyclic amines) is 1. The Balaban J connectivity index is 1.31. The van der Waals surface area contributed by atoms with Crippen molar-refractivity contribution >= 4 is 17.8 Å². The first kappa shape index (κ1) is 25.9. The quantitative estimate of drug-likeness (QED) is 0.417. The van der Waals surface area contributed by atoms with Crippen molar-refractivity contribution in [2.24, 2.45) is 5.92 Å². The number of amides is 2. The second-order valence-corrected chi connectivity index (χ2v) is 10.0. The highest BCUT2D eigenvalue weighted by Crippen LogP contribution is 2.33. The monoisotopic (exact) mass is 495 g/mol. The number of nitrogens with zero attached hydrogens (tertiary/aromatic N) is 2. The third-order valence-corrected chi connectivity index (χ3v) is 7.46. The van der Waals surface area contributed by atoms with Crippen molar-refractivity contribution in [3.63, 3.8) is 0 Å². The number of carbonyl (C=O) groups is 3. The lowest BCUT2D eigenvalue weighted by molar-refractivity contribution is -0.136. The van der Waals surface area contributed by atoms with E-state index in [-0.39, 0.29) is 30.0 Å². The summed E-state index contributed by atoms with van der Waals surface area (Å²) in [5.74, 6) is -0.0932. The maximum absolute atomic E-state index is 13.4. The first-order valence-electron chi connectivity index (χ1n) is 13.4. The largest absolute Gasteiger partial charge is 0.481 e. The number of hydrogen-bond acceptors (Lipinski definition) is 5. The molecule has 36 heavy (non-hydrogen) atoms. The van der Waals surface area contributed by atoms with Crippen LogP contribution in [-0.4, -0.2) is 45.9 Å². The summed E-state index contributed by atoms with van der Waals surface area (Å²) in [5.41, 5.74) is 1.45. The van der Waals surface area contributed by atoms with Gasteiger partial charge in [0.1, 0.15) is 12.3 Å². The van der Waals surface area contributed by atoms with Crippen LogP contribution in [0.3, 0.4) is 0 Å². The number of aromatic nitrogens is 1. The zero-order valence-corrected chi connectivity index (χ0v) is 20.9. The van der Waals surface area contributed by atoms with Gasteiger partial charge in [0.05, 0.1) is 0 Å². The van der Waals surface area contributed by atoms with Gasteiger partial charge in [0.25, 0.3) is 11.8 Å². The zero-order valence-electron chi connectivity index (χ0n) is 20.9. The molecule has 1 aliphatic heterocycles. The smallest absolute Gasteiger partial charge is 0.303 e. The highest BCUT2D eigenvalue weighted by Gasteiger charge is 2.35. The first-order chi connectivity index (χ1) is 17.5. The number of carboxylic acids is 1. The van der Waals surface area contributed by atoms with Gasteiger partial charge in [0.2, 0.25) is 5.89 Å². The molecule has 4 rings (SSSR count). The van der Waals surface area contributed by atoms with E-state index in [2.05, 4.69) is 10.3 Å². The number of oxazole rings is 1. The minimum atomic E-state index is -0.897. The number of nitrogens with one attached hydrogen (secondary N) is 1. The van der Waals surface area contributed by atoms with E-state index < -0.39 is 5.97 Å². The summed E-state index contributed by atoms with van der Waals surface area (Å²) in [5, 5.41) is 12.0. The first-order valence-corrected chi connectivity index (χ1v) is 13.4. The topological polar surface area (TPSA) is 113 Å². The van der Waals surface area contributed by atoms with Crippen LogP contribution in [0.1, 0.15) is 109 Å². The molecule has 2 aliphatic rings. The Bertz CT molecular complexity index is 1040. The third kappa shape index (κ3) is 6.74. The molecular formula is C28H37N3O5. The number of carboxylic acid groups (broad SMARTS) is 1. The molecule has 0 spiro atoms. The van der Waals surface area contributed by atoms with Gasteiger partial charge in [0, 0.05) is 25.1 Å². The van der Waals surface area contributed by atoms with Crippen molar-refractivity contribution in [2.75, 3.05) is 13.1 Å². The lowest BCUT2D eigenvalue weighted by Crippen LogP contribution is -2.31. The van der Waals surface area contributed by atoms with Crippen molar-refractivity contribution in [3.8, 4) is 0 Å². The van der Waals surface area contributed by atoms with Crippen LogP contribution in [0.4, 0.5) is 0 Å². The van der Waals surface area contributed by atoms with Crippen molar-refractivity contribution in [1.82, 2.24) is 15.2 Å². The average molecular weight is 496 g/mol. The molecule has 194 valence electrons. The third-order valence-electron chi connectivity index (χ3n) is 7.46. The van der Waals surface area contributed by atoms with Crippen LogP contribution in [0.25, 0.3) is 0 Å². The standard InChI is InChI=1S/C28H37N3O5/c32-25(33)16-15-21-12-4-5-13-22(21)28(35)31-18-8-14-24(31)27-30-23(19-36-27)26(34)29-17-7-6-11-20-9-2-1-3-10-20/h4-5,12-13,19-20,24H,1-3,6-11,14-18H2,(H,29,34)(H,32,33)/t24-/m0/s1. The van der Waals surface area contributed by atoms with Crippen LogP contribution in [0.5, 0.6) is 0 Å². The summed E-state index contributed by atoms with van der Waals surface area (Å²) in [6.45, 7) is 1.18. The van der Waals surface area contributed by atoms with Gasteiger partial charge in [0.15, 0.2) is 5.69 Å². The van der Waals surface area contributed by atoms with Crippen molar-refractivity contribution < 1.29 is 23.9 Å². The van der Waals surface area contributed by atoms with E-state index in [9.17, 15) is 14.4 Å². The molecular weight excluding hydrogens is 458 g/mol. The minimum Gasteiger partial charge on any atom is -0.481 e. The summed E-state index contributed by atoms with van der Waals surface area (Å²) < 4.78 is 5.66. The van der Waals surface area contributed by atoms with E-state index in [4.69, 9.17) is 9.52 Å². The molecule has 1 aromatic heterocycles.